The summed E-state index contributed by atoms with van der Waals surface area (Å²) in [6, 6.07) is 16.9. The van der Waals surface area contributed by atoms with Crippen LogP contribution in [0.1, 0.15) is 37.4 Å². The second-order valence-corrected chi connectivity index (χ2v) is 9.97. The number of hydrogen-bond acceptors (Lipinski definition) is 6. The monoisotopic (exact) mass is 496 g/mol. The van der Waals surface area contributed by atoms with Gasteiger partial charge in [0.25, 0.3) is 5.91 Å². The molecule has 3 rings (SSSR count). The van der Waals surface area contributed by atoms with Crippen molar-refractivity contribution in [2.75, 3.05) is 30.1 Å². The lowest BCUT2D eigenvalue weighted by Gasteiger charge is -2.26. The lowest BCUT2D eigenvalue weighted by atomic mass is 10.1. The number of anilines is 2. The number of nitrogens with zero attached hydrogens (tertiary/aromatic N) is 1. The van der Waals surface area contributed by atoms with Gasteiger partial charge in [0.05, 0.1) is 44.0 Å². The standard InChI is InChI=1S/C26H28N2O6S/c1-17-7-6-8-18(2)24(17)28(35(5,31)32)16-19-9-11-20(12-10-19)25(29)27-22-15-21(26(30)34-4)13-14-23(22)33-3/h6-15H,16H2,1-5H3,(H,27,29). The highest BCUT2D eigenvalue weighted by Crippen LogP contribution is 2.29. The summed E-state index contributed by atoms with van der Waals surface area (Å²) in [4.78, 5) is 24.7. The molecule has 1 amide bonds. The maximum absolute atomic E-state index is 12.8. The van der Waals surface area contributed by atoms with Crippen molar-refractivity contribution in [1.82, 2.24) is 0 Å². The van der Waals surface area contributed by atoms with Crippen LogP contribution in [0.3, 0.4) is 0 Å². The summed E-state index contributed by atoms with van der Waals surface area (Å²) in [5.74, 6) is -0.557. The van der Waals surface area contributed by atoms with E-state index in [2.05, 4.69) is 5.32 Å². The smallest absolute Gasteiger partial charge is 0.337 e. The molecule has 0 spiro atoms. The minimum atomic E-state index is -3.55. The zero-order valence-electron chi connectivity index (χ0n) is 20.3. The van der Waals surface area contributed by atoms with E-state index in [1.807, 2.05) is 32.0 Å². The van der Waals surface area contributed by atoms with Gasteiger partial charge in [-0.25, -0.2) is 13.2 Å². The molecule has 0 radical (unpaired) electrons. The molecule has 0 heterocycles. The Kier molecular flexibility index (Phi) is 7.81. The summed E-state index contributed by atoms with van der Waals surface area (Å²) in [6.45, 7) is 3.87. The van der Waals surface area contributed by atoms with E-state index in [0.29, 0.717) is 22.7 Å². The zero-order valence-corrected chi connectivity index (χ0v) is 21.1. The molecule has 0 unspecified atom stereocenters. The molecule has 0 fully saturated rings. The number of rotatable bonds is 8. The molecule has 0 saturated heterocycles. The molecule has 184 valence electrons. The molecule has 1 N–H and O–H groups in total. The molecule has 0 aliphatic heterocycles. The van der Waals surface area contributed by atoms with Crippen LogP contribution in [0.5, 0.6) is 5.75 Å². The van der Waals surface area contributed by atoms with E-state index < -0.39 is 21.9 Å². The Hall–Kier alpha value is -3.85. The van der Waals surface area contributed by atoms with Gasteiger partial charge in [-0.1, -0.05) is 30.3 Å². The number of methoxy groups -OCH3 is 2. The molecule has 3 aromatic carbocycles. The van der Waals surface area contributed by atoms with Gasteiger partial charge in [-0.3, -0.25) is 9.10 Å². The highest BCUT2D eigenvalue weighted by Gasteiger charge is 2.22. The molecule has 3 aromatic rings. The fourth-order valence-electron chi connectivity index (χ4n) is 3.73. The van der Waals surface area contributed by atoms with Crippen LogP contribution in [0, 0.1) is 13.8 Å². The van der Waals surface area contributed by atoms with Crippen molar-refractivity contribution >= 4 is 33.3 Å². The Morgan fingerprint density at radius 1 is 0.914 bits per heavy atom. The molecular weight excluding hydrogens is 468 g/mol. The first-order valence-electron chi connectivity index (χ1n) is 10.8. The van der Waals surface area contributed by atoms with E-state index in [4.69, 9.17) is 9.47 Å². The van der Waals surface area contributed by atoms with Gasteiger partial charge in [0, 0.05) is 5.56 Å². The molecule has 8 nitrogen and oxygen atoms in total. The number of sulfonamides is 1. The minimum Gasteiger partial charge on any atom is -0.495 e. The molecule has 9 heteroatoms. The average Bonchev–Trinajstić information content (AvgIpc) is 2.82. The van der Waals surface area contributed by atoms with Crippen molar-refractivity contribution in [3.05, 3.63) is 88.5 Å². The predicted molar refractivity (Wildman–Crippen MR) is 136 cm³/mol. The van der Waals surface area contributed by atoms with Crippen molar-refractivity contribution in [2.24, 2.45) is 0 Å². The van der Waals surface area contributed by atoms with Crippen molar-refractivity contribution in [3.63, 3.8) is 0 Å². The van der Waals surface area contributed by atoms with Gasteiger partial charge < -0.3 is 14.8 Å². The average molecular weight is 497 g/mol. The maximum Gasteiger partial charge on any atom is 0.337 e. The molecule has 0 saturated carbocycles. The zero-order chi connectivity index (χ0) is 25.8. The van der Waals surface area contributed by atoms with Gasteiger partial charge in [0.15, 0.2) is 0 Å². The van der Waals surface area contributed by atoms with E-state index in [1.165, 1.54) is 30.8 Å². The van der Waals surface area contributed by atoms with Crippen LogP contribution in [-0.4, -0.2) is 40.8 Å². The second-order valence-electron chi connectivity index (χ2n) is 8.07. The van der Waals surface area contributed by atoms with E-state index in [-0.39, 0.29) is 12.1 Å². The summed E-state index contributed by atoms with van der Waals surface area (Å²) < 4.78 is 36.6. The van der Waals surface area contributed by atoms with Crippen LogP contribution in [0.2, 0.25) is 0 Å². The number of para-hydroxylation sites is 1. The molecular formula is C26H28N2O6S. The van der Waals surface area contributed by atoms with Crippen LogP contribution < -0.4 is 14.4 Å². The number of benzene rings is 3. The third kappa shape index (κ3) is 5.99. The Morgan fingerprint density at radius 3 is 2.06 bits per heavy atom. The highest BCUT2D eigenvalue weighted by atomic mass is 32.2. The molecule has 0 aromatic heterocycles. The van der Waals surface area contributed by atoms with Gasteiger partial charge in [-0.05, 0) is 60.9 Å². The number of hydrogen-bond donors (Lipinski definition) is 1. The van der Waals surface area contributed by atoms with Crippen molar-refractivity contribution in [2.45, 2.75) is 20.4 Å². The lowest BCUT2D eigenvalue weighted by molar-refractivity contribution is 0.0600. The fraction of sp³-hybridized carbons (Fsp3) is 0.231. The Balaban J connectivity index is 1.83. The number of ether oxygens (including phenoxy) is 2. The van der Waals surface area contributed by atoms with Crippen LogP contribution in [0.15, 0.2) is 60.7 Å². The van der Waals surface area contributed by atoms with Crippen LogP contribution in [0.4, 0.5) is 11.4 Å². The molecule has 0 aliphatic rings. The summed E-state index contributed by atoms with van der Waals surface area (Å²) in [5, 5.41) is 2.74. The van der Waals surface area contributed by atoms with Crippen molar-refractivity contribution in [3.8, 4) is 5.75 Å². The first-order chi connectivity index (χ1) is 16.5. The SMILES string of the molecule is COC(=O)c1ccc(OC)c(NC(=O)c2ccc(CN(c3c(C)cccc3C)S(C)(=O)=O)cc2)c1. The Bertz CT molecular complexity index is 1330. The highest BCUT2D eigenvalue weighted by molar-refractivity contribution is 7.92. The number of carbonyl (C=O) groups is 2. The first kappa shape index (κ1) is 25.8. The molecule has 0 atom stereocenters. The Labute approximate surface area is 205 Å². The summed E-state index contributed by atoms with van der Waals surface area (Å²) in [6.07, 6.45) is 1.18. The number of nitrogens with one attached hydrogen (secondary N) is 1. The van der Waals surface area contributed by atoms with Crippen LogP contribution in [-0.2, 0) is 21.3 Å². The molecule has 0 bridgehead atoms. The number of aryl methyl sites for hydroxylation is 2. The normalized spacial score (nSPS) is 11.0. The van der Waals surface area contributed by atoms with E-state index in [0.717, 1.165) is 16.7 Å². The van der Waals surface area contributed by atoms with Crippen LogP contribution >= 0.6 is 0 Å². The number of esters is 1. The molecule has 35 heavy (non-hydrogen) atoms. The lowest BCUT2D eigenvalue weighted by Crippen LogP contribution is -2.30. The predicted octanol–water partition coefficient (Wildman–Crippen LogP) is 4.32. The quantitative estimate of drug-likeness (QED) is 0.466. The van der Waals surface area contributed by atoms with Crippen molar-refractivity contribution < 1.29 is 27.5 Å². The minimum absolute atomic E-state index is 0.126. The number of amides is 1. The van der Waals surface area contributed by atoms with Gasteiger partial charge in [0.1, 0.15) is 5.75 Å². The topological polar surface area (TPSA) is 102 Å². The maximum atomic E-state index is 12.8. The largest absolute Gasteiger partial charge is 0.495 e. The van der Waals surface area contributed by atoms with Gasteiger partial charge in [-0.2, -0.15) is 0 Å². The summed E-state index contributed by atoms with van der Waals surface area (Å²) in [7, 11) is -0.812. The first-order valence-corrected chi connectivity index (χ1v) is 12.6. The van der Waals surface area contributed by atoms with E-state index in [9.17, 15) is 18.0 Å². The third-order valence-electron chi connectivity index (χ3n) is 5.50. The van der Waals surface area contributed by atoms with Gasteiger partial charge >= 0.3 is 5.97 Å². The molecule has 0 aliphatic carbocycles. The van der Waals surface area contributed by atoms with Gasteiger partial charge in [-0.15, -0.1) is 0 Å². The van der Waals surface area contributed by atoms with E-state index >= 15 is 0 Å². The summed E-state index contributed by atoms with van der Waals surface area (Å²) >= 11 is 0. The number of carbonyl (C=O) groups excluding carboxylic acids is 2. The van der Waals surface area contributed by atoms with E-state index in [1.54, 1.807) is 36.4 Å². The van der Waals surface area contributed by atoms with Crippen LogP contribution in [0.25, 0.3) is 0 Å². The second kappa shape index (κ2) is 10.6. The van der Waals surface area contributed by atoms with Crippen molar-refractivity contribution in [1.29, 1.82) is 0 Å². The fourth-order valence-corrected chi connectivity index (χ4v) is 4.74. The third-order valence-corrected chi connectivity index (χ3v) is 6.61. The summed E-state index contributed by atoms with van der Waals surface area (Å²) in [5.41, 5.74) is 4.03. The Morgan fingerprint density at radius 2 is 1.51 bits per heavy atom. The van der Waals surface area contributed by atoms with Gasteiger partial charge in [0.2, 0.25) is 10.0 Å².